The molecule has 1 aromatic rings. The first kappa shape index (κ1) is 13.7. The van der Waals surface area contributed by atoms with Crippen LogP contribution in [0, 0.1) is 6.92 Å². The van der Waals surface area contributed by atoms with E-state index in [2.05, 4.69) is 24.4 Å². The fourth-order valence-electron chi connectivity index (χ4n) is 1.61. The predicted octanol–water partition coefficient (Wildman–Crippen LogP) is 2.30. The van der Waals surface area contributed by atoms with Crippen LogP contribution in [0.3, 0.4) is 0 Å². The van der Waals surface area contributed by atoms with Crippen LogP contribution in [0.1, 0.15) is 43.9 Å². The molecule has 0 heterocycles. The van der Waals surface area contributed by atoms with Crippen LogP contribution in [-0.2, 0) is 4.79 Å². The van der Waals surface area contributed by atoms with E-state index in [0.717, 1.165) is 12.0 Å². The minimum absolute atomic E-state index is 0.0520. The fourth-order valence-corrected chi connectivity index (χ4v) is 1.61. The van der Waals surface area contributed by atoms with Gasteiger partial charge in [-0.05, 0) is 32.8 Å². The van der Waals surface area contributed by atoms with Crippen LogP contribution in [0.4, 0.5) is 0 Å². The van der Waals surface area contributed by atoms with Gasteiger partial charge in [-0.3, -0.25) is 4.79 Å². The highest BCUT2D eigenvalue weighted by molar-refractivity contribution is 5.76. The predicted molar refractivity (Wildman–Crippen MR) is 70.6 cm³/mol. The lowest BCUT2D eigenvalue weighted by molar-refractivity contribution is -0.121. The van der Waals surface area contributed by atoms with Crippen LogP contribution in [-0.4, -0.2) is 11.9 Å². The summed E-state index contributed by atoms with van der Waals surface area (Å²) in [5.41, 5.74) is 7.97. The first-order valence-corrected chi connectivity index (χ1v) is 6.10. The summed E-state index contributed by atoms with van der Waals surface area (Å²) in [6.45, 7) is 5.96. The number of carbonyl (C=O) groups is 1. The highest BCUT2D eigenvalue weighted by Gasteiger charge is 2.09. The third-order valence-corrected chi connectivity index (χ3v) is 2.78. The molecule has 1 rings (SSSR count). The SMILES string of the molecule is Cc1ccc([C@@H](C)NC(=O)CCC(C)N)cc1. The molecule has 0 aliphatic heterocycles. The lowest BCUT2D eigenvalue weighted by Gasteiger charge is -2.15. The molecular formula is C14H22N2O. The molecule has 3 N–H and O–H groups in total. The topological polar surface area (TPSA) is 55.1 Å². The molecule has 0 saturated heterocycles. The van der Waals surface area contributed by atoms with Gasteiger partial charge in [0.05, 0.1) is 6.04 Å². The molecule has 3 heteroatoms. The molecule has 2 atom stereocenters. The molecule has 1 amide bonds. The van der Waals surface area contributed by atoms with Gasteiger partial charge in [0.25, 0.3) is 0 Å². The van der Waals surface area contributed by atoms with Crippen LogP contribution < -0.4 is 11.1 Å². The number of hydrogen-bond acceptors (Lipinski definition) is 2. The summed E-state index contributed by atoms with van der Waals surface area (Å²) in [5, 5.41) is 2.98. The van der Waals surface area contributed by atoms with E-state index < -0.39 is 0 Å². The fraction of sp³-hybridized carbons (Fsp3) is 0.500. The van der Waals surface area contributed by atoms with Crippen molar-refractivity contribution in [2.75, 3.05) is 0 Å². The van der Waals surface area contributed by atoms with E-state index in [1.165, 1.54) is 5.56 Å². The second-order valence-corrected chi connectivity index (χ2v) is 4.72. The summed E-state index contributed by atoms with van der Waals surface area (Å²) in [6.07, 6.45) is 1.22. The molecule has 0 radical (unpaired) electrons. The van der Waals surface area contributed by atoms with E-state index in [1.54, 1.807) is 0 Å². The van der Waals surface area contributed by atoms with E-state index in [9.17, 15) is 4.79 Å². The van der Waals surface area contributed by atoms with Crippen molar-refractivity contribution in [1.82, 2.24) is 5.32 Å². The van der Waals surface area contributed by atoms with Gasteiger partial charge in [0.1, 0.15) is 0 Å². The highest BCUT2D eigenvalue weighted by Crippen LogP contribution is 2.13. The Balaban J connectivity index is 2.46. The van der Waals surface area contributed by atoms with Gasteiger partial charge >= 0.3 is 0 Å². The Kier molecular flexibility index (Phi) is 5.16. The normalized spacial score (nSPS) is 14.1. The van der Waals surface area contributed by atoms with E-state index in [-0.39, 0.29) is 18.0 Å². The number of hydrogen-bond donors (Lipinski definition) is 2. The van der Waals surface area contributed by atoms with Crippen molar-refractivity contribution in [3.05, 3.63) is 35.4 Å². The number of carbonyl (C=O) groups excluding carboxylic acids is 1. The average molecular weight is 234 g/mol. The maximum atomic E-state index is 11.6. The molecule has 17 heavy (non-hydrogen) atoms. The first-order chi connectivity index (χ1) is 7.99. The van der Waals surface area contributed by atoms with E-state index >= 15 is 0 Å². The quantitative estimate of drug-likeness (QED) is 0.821. The lowest BCUT2D eigenvalue weighted by atomic mass is 10.1. The minimum atomic E-state index is 0.0520. The van der Waals surface area contributed by atoms with E-state index in [0.29, 0.717) is 6.42 Å². The van der Waals surface area contributed by atoms with Crippen LogP contribution >= 0.6 is 0 Å². The summed E-state index contributed by atoms with van der Waals surface area (Å²) >= 11 is 0. The van der Waals surface area contributed by atoms with Crippen LogP contribution in [0.2, 0.25) is 0 Å². The number of benzene rings is 1. The van der Waals surface area contributed by atoms with Gasteiger partial charge in [0, 0.05) is 12.5 Å². The van der Waals surface area contributed by atoms with Crippen molar-refractivity contribution >= 4 is 5.91 Å². The number of nitrogens with two attached hydrogens (primary N) is 1. The summed E-state index contributed by atoms with van der Waals surface area (Å²) in [5.74, 6) is 0.0652. The molecule has 0 aliphatic carbocycles. The Morgan fingerprint density at radius 1 is 1.29 bits per heavy atom. The first-order valence-electron chi connectivity index (χ1n) is 6.10. The van der Waals surface area contributed by atoms with E-state index in [1.807, 2.05) is 26.0 Å². The lowest BCUT2D eigenvalue weighted by Crippen LogP contribution is -2.28. The summed E-state index contributed by atoms with van der Waals surface area (Å²) in [4.78, 5) is 11.6. The Morgan fingerprint density at radius 3 is 2.41 bits per heavy atom. The summed E-state index contributed by atoms with van der Waals surface area (Å²) in [6, 6.07) is 8.34. The van der Waals surface area contributed by atoms with Crippen molar-refractivity contribution in [2.45, 2.75) is 45.7 Å². The van der Waals surface area contributed by atoms with Gasteiger partial charge < -0.3 is 11.1 Å². The smallest absolute Gasteiger partial charge is 0.220 e. The standard InChI is InChI=1S/C14H22N2O/c1-10-4-7-13(8-5-10)12(3)16-14(17)9-6-11(2)15/h4-5,7-8,11-12H,6,9,15H2,1-3H3,(H,16,17)/t11?,12-/m1/s1. The Hall–Kier alpha value is -1.35. The largest absolute Gasteiger partial charge is 0.350 e. The third-order valence-electron chi connectivity index (χ3n) is 2.78. The van der Waals surface area contributed by atoms with Crippen LogP contribution in [0.5, 0.6) is 0 Å². The van der Waals surface area contributed by atoms with E-state index in [4.69, 9.17) is 5.73 Å². The molecule has 1 unspecified atom stereocenters. The maximum absolute atomic E-state index is 11.6. The molecule has 0 fully saturated rings. The second-order valence-electron chi connectivity index (χ2n) is 4.72. The molecule has 94 valence electrons. The summed E-state index contributed by atoms with van der Waals surface area (Å²) in [7, 11) is 0. The third kappa shape index (κ3) is 5.00. The van der Waals surface area contributed by atoms with Crippen molar-refractivity contribution in [3.63, 3.8) is 0 Å². The number of aryl methyl sites for hydroxylation is 1. The summed E-state index contributed by atoms with van der Waals surface area (Å²) < 4.78 is 0. The van der Waals surface area contributed by atoms with Crippen molar-refractivity contribution in [1.29, 1.82) is 0 Å². The Bertz CT molecular complexity index is 357. The van der Waals surface area contributed by atoms with Gasteiger partial charge in [-0.2, -0.15) is 0 Å². The van der Waals surface area contributed by atoms with Gasteiger partial charge in [0.2, 0.25) is 5.91 Å². The zero-order chi connectivity index (χ0) is 12.8. The van der Waals surface area contributed by atoms with Gasteiger partial charge in [-0.1, -0.05) is 29.8 Å². The average Bonchev–Trinajstić information content (AvgIpc) is 2.27. The van der Waals surface area contributed by atoms with Crippen LogP contribution in [0.25, 0.3) is 0 Å². The molecular weight excluding hydrogens is 212 g/mol. The highest BCUT2D eigenvalue weighted by atomic mass is 16.1. The number of rotatable bonds is 5. The van der Waals surface area contributed by atoms with Crippen molar-refractivity contribution in [2.24, 2.45) is 5.73 Å². The molecule has 0 aromatic heterocycles. The number of nitrogens with one attached hydrogen (secondary N) is 1. The molecule has 3 nitrogen and oxygen atoms in total. The monoisotopic (exact) mass is 234 g/mol. The Morgan fingerprint density at radius 2 is 1.88 bits per heavy atom. The Labute approximate surface area is 103 Å². The molecule has 0 saturated carbocycles. The van der Waals surface area contributed by atoms with Crippen LogP contribution in [0.15, 0.2) is 24.3 Å². The van der Waals surface area contributed by atoms with Gasteiger partial charge in [0.15, 0.2) is 0 Å². The minimum Gasteiger partial charge on any atom is -0.350 e. The molecule has 1 aromatic carbocycles. The molecule has 0 aliphatic rings. The second kappa shape index (κ2) is 6.40. The van der Waals surface area contributed by atoms with Gasteiger partial charge in [-0.25, -0.2) is 0 Å². The van der Waals surface area contributed by atoms with Gasteiger partial charge in [-0.15, -0.1) is 0 Å². The maximum Gasteiger partial charge on any atom is 0.220 e. The number of amides is 1. The zero-order valence-electron chi connectivity index (χ0n) is 10.9. The molecule has 0 spiro atoms. The van der Waals surface area contributed by atoms with Crippen molar-refractivity contribution in [3.8, 4) is 0 Å². The van der Waals surface area contributed by atoms with Crippen molar-refractivity contribution < 1.29 is 4.79 Å². The zero-order valence-corrected chi connectivity index (χ0v) is 10.9. The molecule has 0 bridgehead atoms.